The number of amides is 1. The molecule has 0 aliphatic rings. The van der Waals surface area contributed by atoms with Gasteiger partial charge in [-0.05, 0) is 48.4 Å². The fourth-order valence-electron chi connectivity index (χ4n) is 1.99. The molecule has 6 nitrogen and oxygen atoms in total. The van der Waals surface area contributed by atoms with Crippen molar-refractivity contribution in [2.45, 2.75) is 13.3 Å². The van der Waals surface area contributed by atoms with Crippen molar-refractivity contribution >= 4 is 11.6 Å². The van der Waals surface area contributed by atoms with Crippen LogP contribution in [-0.4, -0.2) is 23.3 Å². The zero-order chi connectivity index (χ0) is 17.4. The Morgan fingerprint density at radius 3 is 2.62 bits per heavy atom. The second kappa shape index (κ2) is 8.34. The third-order valence-electron chi connectivity index (χ3n) is 3.22. The van der Waals surface area contributed by atoms with E-state index in [1.807, 2.05) is 13.0 Å². The molecule has 0 spiro atoms. The highest BCUT2D eigenvalue weighted by atomic mass is 16.5. The molecule has 24 heavy (non-hydrogen) atoms. The Morgan fingerprint density at radius 1 is 1.25 bits per heavy atom. The highest BCUT2D eigenvalue weighted by Crippen LogP contribution is 2.16. The number of aromatic hydroxyl groups is 1. The largest absolute Gasteiger partial charge is 0.508 e. The van der Waals surface area contributed by atoms with E-state index in [1.165, 1.54) is 0 Å². The predicted octanol–water partition coefficient (Wildman–Crippen LogP) is 2.57. The molecule has 2 aromatic carbocycles. The summed E-state index contributed by atoms with van der Waals surface area (Å²) < 4.78 is 5.34. The lowest BCUT2D eigenvalue weighted by atomic mass is 10.1. The molecule has 0 heterocycles. The first-order valence-electron chi connectivity index (χ1n) is 7.40. The van der Waals surface area contributed by atoms with Gasteiger partial charge >= 0.3 is 0 Å². The molecule has 0 aliphatic heterocycles. The molecule has 0 radical (unpaired) electrons. The molecule has 2 rings (SSSR count). The number of para-hydroxylation sites is 1. The number of phenolic OH excluding ortho intramolecular Hbond substituents is 1. The molecule has 2 aromatic rings. The van der Waals surface area contributed by atoms with Crippen molar-refractivity contribution in [1.29, 1.82) is 5.26 Å². The lowest BCUT2D eigenvalue weighted by Crippen LogP contribution is -2.26. The number of benzene rings is 2. The van der Waals surface area contributed by atoms with Gasteiger partial charge in [-0.3, -0.25) is 4.79 Å². The fourth-order valence-corrected chi connectivity index (χ4v) is 1.99. The van der Waals surface area contributed by atoms with E-state index in [4.69, 9.17) is 10.00 Å². The molecule has 1 amide bonds. The van der Waals surface area contributed by atoms with Crippen LogP contribution in [0.2, 0.25) is 0 Å². The number of rotatable bonds is 6. The standard InChI is InChI=1S/C18H17N3O3/c1-2-16(13-7-9-15(22)10-8-13)20-21-18(23)12-24-17-6-4-3-5-14(17)11-19/h3-10,22H,2,12H2,1H3,(H,21,23)/b20-16+. The van der Waals surface area contributed by atoms with Gasteiger partial charge < -0.3 is 9.84 Å². The summed E-state index contributed by atoms with van der Waals surface area (Å²) in [6, 6.07) is 15.3. The smallest absolute Gasteiger partial charge is 0.277 e. The Kier molecular flexibility index (Phi) is 5.92. The number of hydrogen-bond acceptors (Lipinski definition) is 5. The Balaban J connectivity index is 1.96. The number of nitrogens with zero attached hydrogens (tertiary/aromatic N) is 2. The van der Waals surface area contributed by atoms with E-state index < -0.39 is 5.91 Å². The van der Waals surface area contributed by atoms with Crippen LogP contribution in [0, 0.1) is 11.3 Å². The molecular weight excluding hydrogens is 306 g/mol. The van der Waals surface area contributed by atoms with Crippen molar-refractivity contribution in [3.05, 3.63) is 59.7 Å². The van der Waals surface area contributed by atoms with E-state index in [1.54, 1.807) is 48.5 Å². The van der Waals surface area contributed by atoms with Gasteiger partial charge in [-0.15, -0.1) is 0 Å². The van der Waals surface area contributed by atoms with Crippen LogP contribution in [-0.2, 0) is 4.79 Å². The van der Waals surface area contributed by atoms with Gasteiger partial charge in [-0.2, -0.15) is 10.4 Å². The van der Waals surface area contributed by atoms with Crippen LogP contribution in [0.1, 0.15) is 24.5 Å². The Hall–Kier alpha value is -3.33. The summed E-state index contributed by atoms with van der Waals surface area (Å²) in [5.74, 6) is 0.101. The summed E-state index contributed by atoms with van der Waals surface area (Å²) in [6.45, 7) is 1.67. The quantitative estimate of drug-likeness (QED) is 0.631. The summed E-state index contributed by atoms with van der Waals surface area (Å²) in [7, 11) is 0. The second-order valence-corrected chi connectivity index (χ2v) is 4.89. The van der Waals surface area contributed by atoms with E-state index in [0.29, 0.717) is 23.4 Å². The molecule has 0 aliphatic carbocycles. The van der Waals surface area contributed by atoms with Crippen LogP contribution in [0.3, 0.4) is 0 Å². The maximum Gasteiger partial charge on any atom is 0.277 e. The number of carbonyl (C=O) groups is 1. The predicted molar refractivity (Wildman–Crippen MR) is 89.7 cm³/mol. The second-order valence-electron chi connectivity index (χ2n) is 4.89. The summed E-state index contributed by atoms with van der Waals surface area (Å²) in [4.78, 5) is 11.9. The molecule has 0 bridgehead atoms. The summed E-state index contributed by atoms with van der Waals surface area (Å²) in [6.07, 6.45) is 0.614. The third kappa shape index (κ3) is 4.58. The average molecular weight is 323 g/mol. The lowest BCUT2D eigenvalue weighted by molar-refractivity contribution is -0.123. The lowest BCUT2D eigenvalue weighted by Gasteiger charge is -2.08. The first-order valence-corrected chi connectivity index (χ1v) is 7.40. The van der Waals surface area contributed by atoms with Gasteiger partial charge in [0.05, 0.1) is 11.3 Å². The number of carbonyl (C=O) groups excluding carboxylic acids is 1. The average Bonchev–Trinajstić information content (AvgIpc) is 2.62. The number of phenols is 1. The van der Waals surface area contributed by atoms with Crippen molar-refractivity contribution < 1.29 is 14.6 Å². The number of hydrazone groups is 1. The minimum Gasteiger partial charge on any atom is -0.508 e. The number of nitrogens with one attached hydrogen (secondary N) is 1. The first kappa shape index (κ1) is 17.0. The van der Waals surface area contributed by atoms with Gasteiger partial charge in [0.15, 0.2) is 6.61 Å². The van der Waals surface area contributed by atoms with Crippen molar-refractivity contribution in [2.75, 3.05) is 6.61 Å². The molecular formula is C18H17N3O3. The van der Waals surface area contributed by atoms with Crippen molar-refractivity contribution in [1.82, 2.24) is 5.43 Å². The number of ether oxygens (including phenoxy) is 1. The molecule has 2 N–H and O–H groups in total. The monoisotopic (exact) mass is 323 g/mol. The summed E-state index contributed by atoms with van der Waals surface area (Å²) in [5.41, 5.74) is 4.29. The molecule has 122 valence electrons. The van der Waals surface area contributed by atoms with Crippen LogP contribution in [0.25, 0.3) is 0 Å². The van der Waals surface area contributed by atoms with Gasteiger partial charge in [0.1, 0.15) is 17.6 Å². The van der Waals surface area contributed by atoms with E-state index >= 15 is 0 Å². The maximum absolute atomic E-state index is 11.9. The third-order valence-corrected chi connectivity index (χ3v) is 3.22. The normalized spacial score (nSPS) is 10.8. The van der Waals surface area contributed by atoms with Crippen LogP contribution >= 0.6 is 0 Å². The van der Waals surface area contributed by atoms with Crippen molar-refractivity contribution in [2.24, 2.45) is 5.10 Å². The fraction of sp³-hybridized carbons (Fsp3) is 0.167. The summed E-state index contributed by atoms with van der Waals surface area (Å²) in [5, 5.41) is 22.4. The minimum absolute atomic E-state index is 0.169. The molecule has 0 fully saturated rings. The molecule has 0 atom stereocenters. The van der Waals surface area contributed by atoms with E-state index in [2.05, 4.69) is 10.5 Å². The molecule has 0 unspecified atom stereocenters. The number of hydrogen-bond donors (Lipinski definition) is 2. The van der Waals surface area contributed by atoms with Crippen molar-refractivity contribution in [3.63, 3.8) is 0 Å². The van der Waals surface area contributed by atoms with E-state index in [9.17, 15) is 9.90 Å². The number of nitriles is 1. The highest BCUT2D eigenvalue weighted by Gasteiger charge is 2.07. The zero-order valence-corrected chi connectivity index (χ0v) is 13.2. The van der Waals surface area contributed by atoms with Gasteiger partial charge in [-0.1, -0.05) is 19.1 Å². The summed E-state index contributed by atoms with van der Waals surface area (Å²) >= 11 is 0. The molecule has 0 aromatic heterocycles. The Morgan fingerprint density at radius 2 is 1.96 bits per heavy atom. The van der Waals surface area contributed by atoms with Crippen molar-refractivity contribution in [3.8, 4) is 17.6 Å². The van der Waals surface area contributed by atoms with E-state index in [-0.39, 0.29) is 12.4 Å². The van der Waals surface area contributed by atoms with Crippen LogP contribution in [0.4, 0.5) is 0 Å². The van der Waals surface area contributed by atoms with E-state index in [0.717, 1.165) is 5.56 Å². The maximum atomic E-state index is 11.9. The van der Waals surface area contributed by atoms with Gasteiger partial charge in [0.25, 0.3) is 5.91 Å². The Labute approximate surface area is 140 Å². The first-order chi connectivity index (χ1) is 11.6. The highest BCUT2D eigenvalue weighted by molar-refractivity contribution is 6.01. The molecule has 0 saturated heterocycles. The van der Waals surface area contributed by atoms with Gasteiger partial charge in [-0.25, -0.2) is 5.43 Å². The van der Waals surface area contributed by atoms with Crippen LogP contribution in [0.15, 0.2) is 53.6 Å². The topological polar surface area (TPSA) is 94.7 Å². The minimum atomic E-state index is -0.424. The van der Waals surface area contributed by atoms with Gasteiger partial charge in [0, 0.05) is 0 Å². The van der Waals surface area contributed by atoms with Crippen LogP contribution in [0.5, 0.6) is 11.5 Å². The SMILES string of the molecule is CC/C(=N\NC(=O)COc1ccccc1C#N)c1ccc(O)cc1. The van der Waals surface area contributed by atoms with Gasteiger partial charge in [0.2, 0.25) is 0 Å². The molecule has 6 heteroatoms. The Bertz CT molecular complexity index is 777. The van der Waals surface area contributed by atoms with Crippen LogP contribution < -0.4 is 10.2 Å². The zero-order valence-electron chi connectivity index (χ0n) is 13.2. The molecule has 0 saturated carbocycles.